The van der Waals surface area contributed by atoms with Gasteiger partial charge in [0, 0.05) is 31.7 Å². The van der Waals surface area contributed by atoms with Crippen LogP contribution in [0.3, 0.4) is 0 Å². The zero-order valence-corrected chi connectivity index (χ0v) is 15.0. The Morgan fingerprint density at radius 1 is 1.08 bits per heavy atom. The summed E-state index contributed by atoms with van der Waals surface area (Å²) < 4.78 is 14.3. The number of halogens is 1. The zero-order valence-electron chi connectivity index (χ0n) is 15.0. The predicted molar refractivity (Wildman–Crippen MR) is 98.3 cm³/mol. The first-order valence-electron chi connectivity index (χ1n) is 9.20. The molecule has 1 aliphatic heterocycles. The minimum atomic E-state index is -0.254. The normalized spacial score (nSPS) is 21.2. The van der Waals surface area contributed by atoms with Gasteiger partial charge in [-0.25, -0.2) is 14.4 Å². The van der Waals surface area contributed by atoms with Crippen LogP contribution in [0.4, 0.5) is 10.2 Å². The van der Waals surface area contributed by atoms with Crippen molar-refractivity contribution in [1.29, 1.82) is 0 Å². The summed E-state index contributed by atoms with van der Waals surface area (Å²) >= 11 is 0. The van der Waals surface area contributed by atoms with Gasteiger partial charge in [0.1, 0.15) is 11.6 Å². The van der Waals surface area contributed by atoms with Gasteiger partial charge in [0.25, 0.3) is 0 Å². The first-order chi connectivity index (χ1) is 12.1. The van der Waals surface area contributed by atoms with Crippen molar-refractivity contribution in [3.8, 4) is 11.4 Å². The number of aromatic nitrogens is 2. The van der Waals surface area contributed by atoms with Crippen molar-refractivity contribution in [2.24, 2.45) is 5.92 Å². The summed E-state index contributed by atoms with van der Waals surface area (Å²) in [6.07, 6.45) is 3.16. The van der Waals surface area contributed by atoms with E-state index < -0.39 is 0 Å². The van der Waals surface area contributed by atoms with Gasteiger partial charge in [0.15, 0.2) is 5.82 Å². The Hall–Kier alpha value is -2.01. The minimum Gasteiger partial charge on any atom is -0.354 e. The molecule has 0 saturated carbocycles. The molecule has 2 aromatic rings. The molecule has 1 aliphatic carbocycles. The maximum atomic E-state index is 14.3. The van der Waals surface area contributed by atoms with E-state index in [1.165, 1.54) is 18.1 Å². The van der Waals surface area contributed by atoms with Crippen LogP contribution in [0, 0.1) is 11.7 Å². The monoisotopic (exact) mass is 340 g/mol. The molecule has 2 aliphatic rings. The van der Waals surface area contributed by atoms with Gasteiger partial charge in [0.2, 0.25) is 0 Å². The molecule has 1 saturated heterocycles. The lowest BCUT2D eigenvalue weighted by atomic mass is 9.88. The largest absolute Gasteiger partial charge is 0.354 e. The number of nitrogens with zero attached hydrogens (tertiary/aromatic N) is 4. The van der Waals surface area contributed by atoms with E-state index in [1.54, 1.807) is 12.1 Å². The number of hydrogen-bond donors (Lipinski definition) is 0. The van der Waals surface area contributed by atoms with Gasteiger partial charge in [-0.1, -0.05) is 19.1 Å². The molecule has 0 radical (unpaired) electrons. The molecule has 0 N–H and O–H groups in total. The van der Waals surface area contributed by atoms with E-state index >= 15 is 0 Å². The van der Waals surface area contributed by atoms with Crippen molar-refractivity contribution in [2.45, 2.75) is 26.2 Å². The number of anilines is 1. The molecule has 1 atom stereocenters. The van der Waals surface area contributed by atoms with Crippen molar-refractivity contribution in [3.63, 3.8) is 0 Å². The molecule has 0 spiro atoms. The fourth-order valence-electron chi connectivity index (χ4n) is 3.81. The first kappa shape index (κ1) is 16.5. The highest BCUT2D eigenvalue weighted by atomic mass is 19.1. The third kappa shape index (κ3) is 3.25. The van der Waals surface area contributed by atoms with Gasteiger partial charge in [-0.05, 0) is 44.4 Å². The van der Waals surface area contributed by atoms with E-state index in [2.05, 4.69) is 23.8 Å². The third-order valence-electron chi connectivity index (χ3n) is 5.42. The molecular weight excluding hydrogens is 315 g/mol. The molecule has 1 aromatic heterocycles. The van der Waals surface area contributed by atoms with Gasteiger partial charge in [-0.15, -0.1) is 0 Å². The van der Waals surface area contributed by atoms with Gasteiger partial charge >= 0.3 is 0 Å². The Labute approximate surface area is 148 Å². The molecule has 4 rings (SSSR count). The molecule has 0 amide bonds. The lowest BCUT2D eigenvalue weighted by Crippen LogP contribution is -2.45. The van der Waals surface area contributed by atoms with Crippen molar-refractivity contribution >= 4 is 5.82 Å². The van der Waals surface area contributed by atoms with Crippen LogP contribution in [0.5, 0.6) is 0 Å². The lowest BCUT2D eigenvalue weighted by Gasteiger charge is -2.36. The Bertz CT molecular complexity index is 768. The number of piperazine rings is 1. The minimum absolute atomic E-state index is 0.254. The molecule has 25 heavy (non-hydrogen) atoms. The van der Waals surface area contributed by atoms with Crippen LogP contribution in [-0.2, 0) is 12.8 Å². The van der Waals surface area contributed by atoms with E-state index in [9.17, 15) is 4.39 Å². The second kappa shape index (κ2) is 6.71. The summed E-state index contributed by atoms with van der Waals surface area (Å²) in [5.41, 5.74) is 2.89. The third-order valence-corrected chi connectivity index (χ3v) is 5.42. The summed E-state index contributed by atoms with van der Waals surface area (Å²) in [6, 6.07) is 6.81. The molecule has 4 nitrogen and oxygen atoms in total. The summed E-state index contributed by atoms with van der Waals surface area (Å²) in [6.45, 7) is 6.26. The van der Waals surface area contributed by atoms with Crippen molar-refractivity contribution in [1.82, 2.24) is 14.9 Å². The summed E-state index contributed by atoms with van der Waals surface area (Å²) in [5, 5.41) is 0. The van der Waals surface area contributed by atoms with Gasteiger partial charge < -0.3 is 9.80 Å². The van der Waals surface area contributed by atoms with Crippen molar-refractivity contribution < 1.29 is 4.39 Å². The molecule has 1 fully saturated rings. The van der Waals surface area contributed by atoms with Gasteiger partial charge in [-0.3, -0.25) is 0 Å². The predicted octanol–water partition coefficient (Wildman–Crippen LogP) is 3.16. The van der Waals surface area contributed by atoms with Crippen LogP contribution in [0.15, 0.2) is 24.3 Å². The van der Waals surface area contributed by atoms with E-state index in [0.29, 0.717) is 17.3 Å². The Kier molecular flexibility index (Phi) is 4.42. The van der Waals surface area contributed by atoms with E-state index in [-0.39, 0.29) is 5.82 Å². The second-order valence-electron chi connectivity index (χ2n) is 7.41. The molecule has 132 valence electrons. The van der Waals surface area contributed by atoms with Crippen LogP contribution >= 0.6 is 0 Å². The lowest BCUT2D eigenvalue weighted by molar-refractivity contribution is 0.311. The standard InChI is InChI=1S/C20H25FN4/c1-14-7-8-16-18(13-14)22-19(15-5-3-4-6-17(15)21)23-20(16)25-11-9-24(2)10-12-25/h3-6,14H,7-13H2,1-2H3. The average Bonchev–Trinajstić information content (AvgIpc) is 2.61. The smallest absolute Gasteiger partial charge is 0.164 e. The Balaban J connectivity index is 1.80. The van der Waals surface area contributed by atoms with Crippen molar-refractivity contribution in [2.75, 3.05) is 38.1 Å². The SMILES string of the molecule is CC1CCc2c(nc(-c3ccccc3F)nc2N2CCN(C)CC2)C1. The van der Waals surface area contributed by atoms with Gasteiger partial charge in [0.05, 0.1) is 11.3 Å². The highest BCUT2D eigenvalue weighted by molar-refractivity contribution is 5.62. The fourth-order valence-corrected chi connectivity index (χ4v) is 3.81. The van der Waals surface area contributed by atoms with E-state index in [0.717, 1.165) is 50.5 Å². The van der Waals surface area contributed by atoms with Crippen LogP contribution in [0.2, 0.25) is 0 Å². The fraction of sp³-hybridized carbons (Fsp3) is 0.500. The quantitative estimate of drug-likeness (QED) is 0.841. The van der Waals surface area contributed by atoms with Crippen molar-refractivity contribution in [3.05, 3.63) is 41.3 Å². The molecule has 2 heterocycles. The van der Waals surface area contributed by atoms with Crippen LogP contribution in [-0.4, -0.2) is 48.1 Å². The zero-order chi connectivity index (χ0) is 17.4. The van der Waals surface area contributed by atoms with E-state index in [4.69, 9.17) is 9.97 Å². The second-order valence-corrected chi connectivity index (χ2v) is 7.41. The topological polar surface area (TPSA) is 32.3 Å². The number of hydrogen-bond acceptors (Lipinski definition) is 4. The number of likely N-dealkylation sites (N-methyl/N-ethyl adjacent to an activating group) is 1. The number of fused-ring (bicyclic) bond motifs is 1. The Morgan fingerprint density at radius 3 is 2.60 bits per heavy atom. The highest BCUT2D eigenvalue weighted by Gasteiger charge is 2.26. The highest BCUT2D eigenvalue weighted by Crippen LogP contribution is 2.33. The molecule has 1 unspecified atom stereocenters. The number of benzene rings is 1. The summed E-state index contributed by atoms with van der Waals surface area (Å²) in [7, 11) is 2.15. The summed E-state index contributed by atoms with van der Waals surface area (Å²) in [4.78, 5) is 14.3. The van der Waals surface area contributed by atoms with Crippen LogP contribution in [0.1, 0.15) is 24.6 Å². The van der Waals surface area contributed by atoms with Crippen LogP contribution < -0.4 is 4.90 Å². The molecule has 1 aromatic carbocycles. The van der Waals surface area contributed by atoms with Crippen LogP contribution in [0.25, 0.3) is 11.4 Å². The molecule has 0 bridgehead atoms. The Morgan fingerprint density at radius 2 is 1.84 bits per heavy atom. The molecular formula is C20H25FN4. The van der Waals surface area contributed by atoms with Gasteiger partial charge in [-0.2, -0.15) is 0 Å². The summed E-state index contributed by atoms with van der Waals surface area (Å²) in [5.74, 6) is 1.93. The van der Waals surface area contributed by atoms with E-state index in [1.807, 2.05) is 6.07 Å². The maximum Gasteiger partial charge on any atom is 0.164 e. The first-order valence-corrected chi connectivity index (χ1v) is 9.20. The number of rotatable bonds is 2. The molecule has 5 heteroatoms. The average molecular weight is 340 g/mol. The maximum absolute atomic E-state index is 14.3.